The highest BCUT2D eigenvalue weighted by atomic mass is 19.1. The van der Waals surface area contributed by atoms with Gasteiger partial charge in [-0.25, -0.2) is 8.78 Å². The van der Waals surface area contributed by atoms with Crippen molar-refractivity contribution in [3.8, 4) is 5.75 Å². The van der Waals surface area contributed by atoms with E-state index in [4.69, 9.17) is 0 Å². The van der Waals surface area contributed by atoms with Gasteiger partial charge in [-0.3, -0.25) is 4.79 Å². The predicted molar refractivity (Wildman–Crippen MR) is 95.5 cm³/mol. The molecule has 0 saturated carbocycles. The molecule has 0 unspecified atom stereocenters. The van der Waals surface area contributed by atoms with E-state index in [1.807, 2.05) is 18.2 Å². The van der Waals surface area contributed by atoms with Crippen LogP contribution in [0, 0.1) is 11.6 Å². The van der Waals surface area contributed by atoms with Gasteiger partial charge in [-0.1, -0.05) is 30.3 Å². The summed E-state index contributed by atoms with van der Waals surface area (Å²) in [7, 11) is 1.18. The van der Waals surface area contributed by atoms with Gasteiger partial charge in [0.2, 0.25) is 0 Å². The fourth-order valence-electron chi connectivity index (χ4n) is 3.35. The minimum atomic E-state index is -0.886. The minimum absolute atomic E-state index is 0.0515. The van der Waals surface area contributed by atoms with Crippen LogP contribution < -0.4 is 10.1 Å². The lowest BCUT2D eigenvalue weighted by Gasteiger charge is -2.16. The molecule has 0 aromatic heterocycles. The van der Waals surface area contributed by atoms with Crippen molar-refractivity contribution in [3.63, 3.8) is 0 Å². The van der Waals surface area contributed by atoms with E-state index in [2.05, 4.69) is 27.1 Å². The lowest BCUT2D eigenvalue weighted by Crippen LogP contribution is -2.33. The fourth-order valence-corrected chi connectivity index (χ4v) is 3.35. The van der Waals surface area contributed by atoms with Crippen molar-refractivity contribution in [1.82, 2.24) is 10.2 Å². The Morgan fingerprint density at radius 3 is 2.58 bits per heavy atom. The number of ether oxygens (including phenoxy) is 1. The van der Waals surface area contributed by atoms with Crippen LogP contribution >= 0.6 is 0 Å². The maximum Gasteiger partial charge on any atom is 0.251 e. The third-order valence-electron chi connectivity index (χ3n) is 4.72. The number of likely N-dealkylation sites (tertiary alicyclic amines) is 1. The molecule has 6 heteroatoms. The molecule has 1 amide bonds. The zero-order chi connectivity index (χ0) is 18.5. The Kier molecular flexibility index (Phi) is 5.83. The molecule has 2 aromatic rings. The second kappa shape index (κ2) is 8.27. The van der Waals surface area contributed by atoms with Crippen molar-refractivity contribution in [2.75, 3.05) is 33.3 Å². The number of hydrogen-bond donors (Lipinski definition) is 1. The number of carbonyl (C=O) groups is 1. The largest absolute Gasteiger partial charge is 0.491 e. The van der Waals surface area contributed by atoms with Gasteiger partial charge in [0.05, 0.1) is 7.11 Å². The molecule has 3 rings (SSSR count). The normalized spacial score (nSPS) is 17.3. The lowest BCUT2D eigenvalue weighted by molar-refractivity contribution is 0.0948. The maximum atomic E-state index is 13.7. The number of carbonyl (C=O) groups excluding carboxylic acids is 1. The van der Waals surface area contributed by atoms with Crippen LogP contribution in [0.15, 0.2) is 42.5 Å². The molecule has 1 heterocycles. The SMILES string of the molecule is COc1c(F)cc(C(=O)NCCN2CC[C@H](c3ccccc3)C2)cc1F. The molecule has 0 spiro atoms. The topological polar surface area (TPSA) is 41.6 Å². The van der Waals surface area contributed by atoms with Crippen LogP contribution in [0.4, 0.5) is 8.78 Å². The van der Waals surface area contributed by atoms with E-state index in [1.165, 1.54) is 12.7 Å². The van der Waals surface area contributed by atoms with E-state index in [1.54, 1.807) is 0 Å². The molecule has 4 nitrogen and oxygen atoms in total. The van der Waals surface area contributed by atoms with Crippen LogP contribution in [-0.4, -0.2) is 44.1 Å². The van der Waals surface area contributed by atoms with Crippen LogP contribution in [-0.2, 0) is 0 Å². The summed E-state index contributed by atoms with van der Waals surface area (Å²) in [6.45, 7) is 3.05. The number of rotatable bonds is 6. The number of nitrogens with zero attached hydrogens (tertiary/aromatic N) is 1. The van der Waals surface area contributed by atoms with Gasteiger partial charge >= 0.3 is 0 Å². The quantitative estimate of drug-likeness (QED) is 0.860. The van der Waals surface area contributed by atoms with E-state index in [0.29, 0.717) is 19.0 Å². The first-order valence-corrected chi connectivity index (χ1v) is 8.67. The molecule has 1 aliphatic heterocycles. The van der Waals surface area contributed by atoms with E-state index < -0.39 is 23.3 Å². The van der Waals surface area contributed by atoms with Crippen molar-refractivity contribution in [2.24, 2.45) is 0 Å². The van der Waals surface area contributed by atoms with Gasteiger partial charge in [-0.15, -0.1) is 0 Å². The van der Waals surface area contributed by atoms with Crippen LogP contribution in [0.1, 0.15) is 28.3 Å². The second-order valence-electron chi connectivity index (χ2n) is 6.43. The minimum Gasteiger partial charge on any atom is -0.491 e. The van der Waals surface area contributed by atoms with E-state index in [-0.39, 0.29) is 5.56 Å². The maximum absolute atomic E-state index is 13.7. The summed E-state index contributed by atoms with van der Waals surface area (Å²) in [5, 5.41) is 2.72. The lowest BCUT2D eigenvalue weighted by atomic mass is 9.99. The van der Waals surface area contributed by atoms with E-state index in [9.17, 15) is 13.6 Å². The highest BCUT2D eigenvalue weighted by Crippen LogP contribution is 2.26. The molecular weight excluding hydrogens is 338 g/mol. The van der Waals surface area contributed by atoms with E-state index in [0.717, 1.165) is 31.6 Å². The molecule has 0 radical (unpaired) electrons. The summed E-state index contributed by atoms with van der Waals surface area (Å²) in [5.41, 5.74) is 1.28. The van der Waals surface area contributed by atoms with Gasteiger partial charge in [0.15, 0.2) is 17.4 Å². The number of benzene rings is 2. The molecular formula is C20H22F2N2O2. The van der Waals surface area contributed by atoms with E-state index >= 15 is 0 Å². The van der Waals surface area contributed by atoms with Crippen LogP contribution in [0.3, 0.4) is 0 Å². The second-order valence-corrected chi connectivity index (χ2v) is 6.43. The number of hydrogen-bond acceptors (Lipinski definition) is 3. The third kappa shape index (κ3) is 4.19. The van der Waals surface area contributed by atoms with Gasteiger partial charge in [0.25, 0.3) is 5.91 Å². The predicted octanol–water partition coefficient (Wildman–Crippen LogP) is 3.19. The Balaban J connectivity index is 1.49. The highest BCUT2D eigenvalue weighted by Gasteiger charge is 2.23. The molecule has 1 aliphatic rings. The molecule has 1 fully saturated rings. The number of halogens is 2. The van der Waals surface area contributed by atoms with Crippen molar-refractivity contribution in [1.29, 1.82) is 0 Å². The molecule has 1 atom stereocenters. The van der Waals surface area contributed by atoms with Crippen LogP contribution in [0.5, 0.6) is 5.75 Å². The monoisotopic (exact) mass is 360 g/mol. The fraction of sp³-hybridized carbons (Fsp3) is 0.350. The summed E-state index contributed by atoms with van der Waals surface area (Å²) < 4.78 is 32.0. The zero-order valence-electron chi connectivity index (χ0n) is 14.7. The molecule has 138 valence electrons. The summed E-state index contributed by atoms with van der Waals surface area (Å²) >= 11 is 0. The van der Waals surface area contributed by atoms with Crippen molar-refractivity contribution in [3.05, 3.63) is 65.2 Å². The standard InChI is InChI=1S/C20H22F2N2O2/c1-26-19-17(21)11-16(12-18(19)22)20(25)23-8-10-24-9-7-15(13-24)14-5-3-2-4-6-14/h2-6,11-12,15H,7-10,13H2,1H3,(H,23,25)/t15-/m0/s1. The Hall–Kier alpha value is -2.47. The average Bonchev–Trinajstić information content (AvgIpc) is 3.11. The summed E-state index contributed by atoms with van der Waals surface area (Å²) in [6.07, 6.45) is 1.09. The van der Waals surface area contributed by atoms with Crippen molar-refractivity contribution < 1.29 is 18.3 Å². The molecule has 1 N–H and O–H groups in total. The van der Waals surface area contributed by atoms with Gasteiger partial charge in [-0.2, -0.15) is 0 Å². The number of amides is 1. The van der Waals surface area contributed by atoms with Crippen LogP contribution in [0.25, 0.3) is 0 Å². The first-order chi connectivity index (χ1) is 12.6. The van der Waals surface area contributed by atoms with Gasteiger partial charge in [0, 0.05) is 25.2 Å². The van der Waals surface area contributed by atoms with Gasteiger partial charge in [-0.05, 0) is 36.6 Å². The molecule has 0 bridgehead atoms. The first kappa shape index (κ1) is 18.3. The summed E-state index contributed by atoms with van der Waals surface area (Å²) in [4.78, 5) is 14.4. The Morgan fingerprint density at radius 1 is 1.23 bits per heavy atom. The Labute approximate surface area is 151 Å². The number of methoxy groups -OCH3 is 1. The molecule has 0 aliphatic carbocycles. The highest BCUT2D eigenvalue weighted by molar-refractivity contribution is 5.94. The van der Waals surface area contributed by atoms with Crippen LogP contribution in [0.2, 0.25) is 0 Å². The van der Waals surface area contributed by atoms with Crippen molar-refractivity contribution in [2.45, 2.75) is 12.3 Å². The third-order valence-corrected chi connectivity index (χ3v) is 4.72. The summed E-state index contributed by atoms with van der Waals surface area (Å²) in [5.74, 6) is -2.24. The smallest absolute Gasteiger partial charge is 0.251 e. The Bertz CT molecular complexity index is 745. The average molecular weight is 360 g/mol. The Morgan fingerprint density at radius 2 is 1.92 bits per heavy atom. The first-order valence-electron chi connectivity index (χ1n) is 8.67. The van der Waals surface area contributed by atoms with Gasteiger partial charge < -0.3 is 15.0 Å². The van der Waals surface area contributed by atoms with Gasteiger partial charge in [0.1, 0.15) is 0 Å². The van der Waals surface area contributed by atoms with Crippen molar-refractivity contribution >= 4 is 5.91 Å². The number of nitrogens with one attached hydrogen (secondary N) is 1. The molecule has 1 saturated heterocycles. The summed E-state index contributed by atoms with van der Waals surface area (Å²) in [6, 6.07) is 12.4. The molecule has 26 heavy (non-hydrogen) atoms. The molecule has 2 aromatic carbocycles. The zero-order valence-corrected chi connectivity index (χ0v) is 14.7.